The van der Waals surface area contributed by atoms with E-state index in [2.05, 4.69) is 20.9 Å². The Morgan fingerprint density at radius 1 is 1.42 bits per heavy atom. The number of nitrogens with two attached hydrogens (primary N) is 1. The number of anilines is 1. The number of nitrogens with zero attached hydrogens (tertiary/aromatic N) is 2. The normalized spacial score (nSPS) is 10.2. The van der Waals surface area contributed by atoms with Gasteiger partial charge in [-0.2, -0.15) is 0 Å². The molecule has 0 bridgehead atoms. The Morgan fingerprint density at radius 2 is 2.16 bits per heavy atom. The number of non-ortho nitro benzene ring substituents is 1. The molecule has 2 aromatic rings. The summed E-state index contributed by atoms with van der Waals surface area (Å²) in [5.74, 6) is 0.504. The molecule has 0 unspecified atom stereocenters. The molecule has 0 saturated carbocycles. The van der Waals surface area contributed by atoms with Crippen LogP contribution in [0.3, 0.4) is 0 Å². The minimum atomic E-state index is -0.495. The lowest BCUT2D eigenvalue weighted by molar-refractivity contribution is -0.384. The third-order valence-electron chi connectivity index (χ3n) is 2.35. The fourth-order valence-corrected chi connectivity index (χ4v) is 1.78. The molecule has 0 saturated heterocycles. The van der Waals surface area contributed by atoms with Crippen molar-refractivity contribution in [2.24, 2.45) is 0 Å². The van der Waals surface area contributed by atoms with E-state index >= 15 is 0 Å². The van der Waals surface area contributed by atoms with Gasteiger partial charge in [0.15, 0.2) is 5.75 Å². The van der Waals surface area contributed by atoms with Gasteiger partial charge in [-0.3, -0.25) is 10.1 Å². The summed E-state index contributed by atoms with van der Waals surface area (Å²) >= 11 is 3.26. The lowest BCUT2D eigenvalue weighted by atomic mass is 10.3. The first kappa shape index (κ1) is 13.3. The van der Waals surface area contributed by atoms with Crippen LogP contribution < -0.4 is 10.5 Å². The summed E-state index contributed by atoms with van der Waals surface area (Å²) in [6.45, 7) is 1.86. The van der Waals surface area contributed by atoms with Crippen LogP contribution >= 0.6 is 15.9 Å². The summed E-state index contributed by atoms with van der Waals surface area (Å²) in [6.07, 6.45) is 1.61. The molecule has 2 N–H and O–H groups in total. The first-order valence-electron chi connectivity index (χ1n) is 5.31. The molecule has 98 valence electrons. The molecule has 0 fully saturated rings. The maximum atomic E-state index is 10.7. The van der Waals surface area contributed by atoms with Crippen molar-refractivity contribution in [2.45, 2.75) is 6.92 Å². The van der Waals surface area contributed by atoms with Gasteiger partial charge in [0.05, 0.1) is 21.1 Å². The van der Waals surface area contributed by atoms with E-state index in [9.17, 15) is 10.1 Å². The van der Waals surface area contributed by atoms with Gasteiger partial charge in [0.1, 0.15) is 0 Å². The molecule has 0 spiro atoms. The summed E-state index contributed by atoms with van der Waals surface area (Å²) in [4.78, 5) is 14.3. The van der Waals surface area contributed by atoms with Gasteiger partial charge in [0.25, 0.3) is 5.69 Å². The second-order valence-electron chi connectivity index (χ2n) is 3.88. The van der Waals surface area contributed by atoms with Crippen molar-refractivity contribution >= 4 is 27.3 Å². The van der Waals surface area contributed by atoms with Gasteiger partial charge in [0, 0.05) is 12.3 Å². The average molecular weight is 324 g/mol. The predicted molar refractivity (Wildman–Crippen MR) is 74.3 cm³/mol. The van der Waals surface area contributed by atoms with Gasteiger partial charge >= 0.3 is 0 Å². The highest BCUT2D eigenvalue weighted by Crippen LogP contribution is 2.34. The summed E-state index contributed by atoms with van der Waals surface area (Å²) in [5, 5.41) is 10.7. The number of aromatic nitrogens is 1. The minimum absolute atomic E-state index is 0.0658. The van der Waals surface area contributed by atoms with Gasteiger partial charge in [0.2, 0.25) is 5.88 Å². The Labute approximate surface area is 117 Å². The number of ether oxygens (including phenoxy) is 1. The number of hydrogen-bond acceptors (Lipinski definition) is 5. The highest BCUT2D eigenvalue weighted by molar-refractivity contribution is 9.10. The summed E-state index contributed by atoms with van der Waals surface area (Å²) in [6, 6.07) is 5.94. The molecule has 7 heteroatoms. The lowest BCUT2D eigenvalue weighted by Crippen LogP contribution is -1.97. The van der Waals surface area contributed by atoms with Gasteiger partial charge < -0.3 is 10.5 Å². The van der Waals surface area contributed by atoms with Gasteiger partial charge in [-0.1, -0.05) is 0 Å². The highest BCUT2D eigenvalue weighted by atomic mass is 79.9. The standard InChI is InChI=1S/C12H10BrN3O3/c1-7-4-10(14)12(15-6-7)19-11-5-8(16(17)18)2-3-9(11)13/h2-6H,14H2,1H3. The first-order valence-corrected chi connectivity index (χ1v) is 6.10. The zero-order valence-electron chi connectivity index (χ0n) is 9.96. The maximum absolute atomic E-state index is 10.7. The lowest BCUT2D eigenvalue weighted by Gasteiger charge is -2.09. The Hall–Kier alpha value is -2.15. The van der Waals surface area contributed by atoms with E-state index < -0.39 is 4.92 Å². The Bertz CT molecular complexity index is 646. The van der Waals surface area contributed by atoms with E-state index in [0.29, 0.717) is 10.2 Å². The molecule has 0 amide bonds. The third kappa shape index (κ3) is 3.00. The molecule has 1 aromatic heterocycles. The van der Waals surface area contributed by atoms with Crippen molar-refractivity contribution in [3.63, 3.8) is 0 Å². The van der Waals surface area contributed by atoms with Crippen LogP contribution in [0.2, 0.25) is 0 Å². The van der Waals surface area contributed by atoms with E-state index in [1.165, 1.54) is 18.2 Å². The summed E-state index contributed by atoms with van der Waals surface area (Å²) < 4.78 is 6.08. The fraction of sp³-hybridized carbons (Fsp3) is 0.0833. The number of benzene rings is 1. The van der Waals surface area contributed by atoms with Crippen molar-refractivity contribution in [1.82, 2.24) is 4.98 Å². The van der Waals surface area contributed by atoms with Crippen molar-refractivity contribution in [1.29, 1.82) is 0 Å². The smallest absolute Gasteiger partial charge is 0.273 e. The number of nitro benzene ring substituents is 1. The molecular weight excluding hydrogens is 314 g/mol. The average Bonchev–Trinajstić information content (AvgIpc) is 2.34. The molecule has 2 rings (SSSR count). The van der Waals surface area contributed by atoms with E-state index in [1.54, 1.807) is 12.3 Å². The zero-order chi connectivity index (χ0) is 14.0. The minimum Gasteiger partial charge on any atom is -0.436 e. The highest BCUT2D eigenvalue weighted by Gasteiger charge is 2.13. The molecule has 6 nitrogen and oxygen atoms in total. The Balaban J connectivity index is 2.37. The maximum Gasteiger partial charge on any atom is 0.273 e. The molecule has 0 aliphatic carbocycles. The topological polar surface area (TPSA) is 91.3 Å². The molecule has 0 radical (unpaired) electrons. The molecule has 19 heavy (non-hydrogen) atoms. The molecule has 0 aliphatic heterocycles. The predicted octanol–water partition coefficient (Wildman–Crippen LogP) is 3.44. The second-order valence-corrected chi connectivity index (χ2v) is 4.74. The molecule has 0 atom stereocenters. The van der Waals surface area contributed by atoms with Crippen molar-refractivity contribution in [2.75, 3.05) is 5.73 Å². The fourth-order valence-electron chi connectivity index (χ4n) is 1.45. The largest absolute Gasteiger partial charge is 0.436 e. The van der Waals surface area contributed by atoms with E-state index in [1.807, 2.05) is 6.92 Å². The number of nitrogen functional groups attached to an aromatic ring is 1. The SMILES string of the molecule is Cc1cnc(Oc2cc([N+](=O)[O-])ccc2Br)c(N)c1. The number of hydrogen-bond donors (Lipinski definition) is 1. The van der Waals surface area contributed by atoms with Gasteiger partial charge in [-0.05, 0) is 40.5 Å². The number of pyridine rings is 1. The van der Waals surface area contributed by atoms with Gasteiger partial charge in [-0.25, -0.2) is 4.98 Å². The van der Waals surface area contributed by atoms with Crippen LogP contribution in [-0.2, 0) is 0 Å². The van der Waals surface area contributed by atoms with Gasteiger partial charge in [-0.15, -0.1) is 0 Å². The van der Waals surface area contributed by atoms with Crippen LogP contribution in [-0.4, -0.2) is 9.91 Å². The second kappa shape index (κ2) is 5.23. The number of nitro groups is 1. The molecular formula is C12H10BrN3O3. The van der Waals surface area contributed by atoms with Crippen molar-refractivity contribution in [3.05, 3.63) is 50.6 Å². The Kier molecular flexibility index (Phi) is 3.66. The summed E-state index contributed by atoms with van der Waals surface area (Å²) in [7, 11) is 0. The van der Waals surface area contributed by atoms with Crippen LogP contribution in [0.5, 0.6) is 11.6 Å². The third-order valence-corrected chi connectivity index (χ3v) is 3.00. The van der Waals surface area contributed by atoms with Crippen LogP contribution in [0.15, 0.2) is 34.9 Å². The van der Waals surface area contributed by atoms with Crippen LogP contribution in [0.1, 0.15) is 5.56 Å². The number of aryl methyl sites for hydroxylation is 1. The number of rotatable bonds is 3. The molecule has 1 heterocycles. The van der Waals surface area contributed by atoms with E-state index in [4.69, 9.17) is 10.5 Å². The quantitative estimate of drug-likeness (QED) is 0.690. The van der Waals surface area contributed by atoms with Crippen LogP contribution in [0, 0.1) is 17.0 Å². The van der Waals surface area contributed by atoms with E-state index in [-0.39, 0.29) is 17.3 Å². The zero-order valence-corrected chi connectivity index (χ0v) is 11.5. The summed E-state index contributed by atoms with van der Waals surface area (Å²) in [5.41, 5.74) is 6.99. The first-order chi connectivity index (χ1) is 8.97. The van der Waals surface area contributed by atoms with E-state index in [0.717, 1.165) is 5.56 Å². The molecule has 1 aromatic carbocycles. The Morgan fingerprint density at radius 3 is 2.79 bits per heavy atom. The number of halogens is 1. The van der Waals surface area contributed by atoms with Crippen molar-refractivity contribution in [3.8, 4) is 11.6 Å². The van der Waals surface area contributed by atoms with Crippen LogP contribution in [0.25, 0.3) is 0 Å². The molecule has 0 aliphatic rings. The van der Waals surface area contributed by atoms with Crippen molar-refractivity contribution < 1.29 is 9.66 Å². The monoisotopic (exact) mass is 323 g/mol. The van der Waals surface area contributed by atoms with Crippen LogP contribution in [0.4, 0.5) is 11.4 Å².